The number of ether oxygens (including phenoxy) is 3. The molecule has 0 saturated carbocycles. The molecule has 60 heavy (non-hydrogen) atoms. The summed E-state index contributed by atoms with van der Waals surface area (Å²) >= 11 is 0. The van der Waals surface area contributed by atoms with Crippen LogP contribution in [0.1, 0.15) is 200 Å². The van der Waals surface area contributed by atoms with Crippen molar-refractivity contribution >= 4 is 25.6 Å². The number of unbranched alkanes of at least 4 members (excludes halogenated alkanes) is 24. The van der Waals surface area contributed by atoms with Crippen molar-refractivity contribution in [2.45, 2.75) is 224 Å². The lowest BCUT2D eigenvalue weighted by Gasteiger charge is -2.21. The summed E-state index contributed by atoms with van der Waals surface area (Å²) in [4.78, 5) is 51.7. The minimum atomic E-state index is -4.84. The van der Waals surface area contributed by atoms with E-state index < -0.39 is 69.3 Å². The van der Waals surface area contributed by atoms with E-state index in [1.54, 1.807) is 0 Å². The first-order chi connectivity index (χ1) is 29.0. The Labute approximate surface area is 359 Å². The maximum absolute atomic E-state index is 12.9. The van der Waals surface area contributed by atoms with Crippen LogP contribution in [-0.2, 0) is 37.4 Å². The predicted molar refractivity (Wildman–Crippen MR) is 232 cm³/mol. The van der Waals surface area contributed by atoms with E-state index in [9.17, 15) is 34.1 Å². The third-order valence-corrected chi connectivity index (χ3v) is 11.9. The van der Waals surface area contributed by atoms with Crippen LogP contribution in [-0.4, -0.2) is 80.8 Å². The van der Waals surface area contributed by atoms with Crippen LogP contribution in [0.5, 0.6) is 0 Å². The smallest absolute Gasteiger partial charge is 0.462 e. The third kappa shape index (κ3) is 24.9. The summed E-state index contributed by atoms with van der Waals surface area (Å²) in [6, 6.07) is 1.31. The van der Waals surface area contributed by atoms with E-state index >= 15 is 0 Å². The number of aliphatic hydroxyl groups excluding tert-OH is 2. The largest absolute Gasteiger partial charge is 0.472 e. The Hall–Kier alpha value is -2.39. The van der Waals surface area contributed by atoms with E-state index in [1.807, 2.05) is 0 Å². The second kappa shape index (κ2) is 33.2. The monoisotopic (exact) mass is 874 g/mol. The summed E-state index contributed by atoms with van der Waals surface area (Å²) < 4.78 is 40.5. The van der Waals surface area contributed by atoms with Gasteiger partial charge < -0.3 is 35.1 Å². The lowest BCUT2D eigenvalue weighted by atomic mass is 10.0. The zero-order valence-corrected chi connectivity index (χ0v) is 37.8. The van der Waals surface area contributed by atoms with Crippen molar-refractivity contribution in [3.63, 3.8) is 0 Å². The molecule has 0 aliphatic carbocycles. The number of rotatable bonds is 38. The number of nitrogens with zero attached hydrogens (tertiary/aromatic N) is 2. The molecule has 5 N–H and O–H groups in total. The molecule has 2 rings (SSSR count). The van der Waals surface area contributed by atoms with Crippen LogP contribution in [0.15, 0.2) is 17.1 Å². The van der Waals surface area contributed by atoms with Gasteiger partial charge in [0.2, 0.25) is 0 Å². The van der Waals surface area contributed by atoms with Gasteiger partial charge in [0.25, 0.3) is 0 Å². The van der Waals surface area contributed by atoms with E-state index in [-0.39, 0.29) is 25.3 Å². The van der Waals surface area contributed by atoms with Crippen molar-refractivity contribution < 1.29 is 52.5 Å². The molecule has 16 heteroatoms. The van der Waals surface area contributed by atoms with Crippen molar-refractivity contribution in [1.82, 2.24) is 9.55 Å². The van der Waals surface area contributed by atoms with Gasteiger partial charge >= 0.3 is 25.5 Å². The van der Waals surface area contributed by atoms with Crippen LogP contribution in [0, 0.1) is 0 Å². The number of aromatic nitrogens is 2. The standard InChI is InChI=1S/C44H80N3O12P/c1-3-5-7-9-11-13-15-17-19-21-23-25-27-29-39(48)55-33-36(58-40(49)30-28-26-24-22-20-18-16-14-12-10-8-6-4-2)34-56-60(53,54)57-35-37-41(50)42(51)43(59-37)47-32-31-38(45)46-44(47)52/h31-32,36-37,41-43,50-51H,3-30,33-35H2,1-2H3,(H,53,54)(H2,45,46,52)/t36-,37-,41-,42-,43-/m1/s1. The van der Waals surface area contributed by atoms with Crippen molar-refractivity contribution in [2.75, 3.05) is 25.6 Å². The molecule has 1 fully saturated rings. The summed E-state index contributed by atoms with van der Waals surface area (Å²) in [6.07, 6.45) is 25.1. The van der Waals surface area contributed by atoms with Gasteiger partial charge in [0.05, 0.1) is 13.2 Å². The second-order valence-electron chi connectivity index (χ2n) is 16.4. The molecule has 0 radical (unpaired) electrons. The number of hydrogen-bond acceptors (Lipinski definition) is 13. The molecular weight excluding hydrogens is 793 g/mol. The van der Waals surface area contributed by atoms with Gasteiger partial charge in [-0.25, -0.2) is 9.36 Å². The van der Waals surface area contributed by atoms with Crippen LogP contribution in [0.25, 0.3) is 0 Å². The highest BCUT2D eigenvalue weighted by Gasteiger charge is 2.45. The van der Waals surface area contributed by atoms with Crippen LogP contribution >= 0.6 is 7.82 Å². The number of carbonyl (C=O) groups excluding carboxylic acids is 2. The van der Waals surface area contributed by atoms with Crippen LogP contribution < -0.4 is 11.4 Å². The topological polar surface area (TPSA) is 219 Å². The van der Waals surface area contributed by atoms with E-state index in [0.29, 0.717) is 12.8 Å². The fraction of sp³-hybridized carbons (Fsp3) is 0.864. The first-order valence-corrected chi connectivity index (χ1v) is 24.8. The minimum absolute atomic E-state index is 0.0457. The Bertz CT molecular complexity index is 1380. The highest BCUT2D eigenvalue weighted by molar-refractivity contribution is 7.47. The molecule has 1 aliphatic heterocycles. The Morgan fingerprint density at radius 3 is 1.63 bits per heavy atom. The average molecular weight is 874 g/mol. The van der Waals surface area contributed by atoms with E-state index in [0.717, 1.165) is 43.1 Å². The van der Waals surface area contributed by atoms with Crippen molar-refractivity contribution in [1.29, 1.82) is 0 Å². The molecule has 0 spiro atoms. The maximum atomic E-state index is 12.9. The second-order valence-corrected chi connectivity index (χ2v) is 17.9. The molecule has 2 heterocycles. The Morgan fingerprint density at radius 2 is 1.17 bits per heavy atom. The number of phosphoric acid groups is 1. The Balaban J connectivity index is 1.77. The SMILES string of the molecule is CCCCCCCCCCCCCCCC(=O)OC[C@H](COP(=O)(O)OC[C@H]1O[C@@H](n2ccc(N)nc2=O)[C@H](O)[C@@H]1O)OC(=O)CCCCCCCCCCCCCCC. The number of carbonyl (C=O) groups is 2. The molecule has 1 aromatic heterocycles. The number of nitrogens with two attached hydrogens (primary N) is 1. The normalized spacial score (nSPS) is 19.3. The van der Waals surface area contributed by atoms with Gasteiger partial charge in [0.1, 0.15) is 30.7 Å². The highest BCUT2D eigenvalue weighted by Crippen LogP contribution is 2.44. The lowest BCUT2D eigenvalue weighted by Crippen LogP contribution is -2.36. The number of phosphoric ester groups is 1. The number of esters is 2. The van der Waals surface area contributed by atoms with Gasteiger partial charge in [-0.3, -0.25) is 23.2 Å². The van der Waals surface area contributed by atoms with Gasteiger partial charge in [-0.05, 0) is 18.9 Å². The minimum Gasteiger partial charge on any atom is -0.462 e. The fourth-order valence-electron chi connectivity index (χ4n) is 7.29. The first-order valence-electron chi connectivity index (χ1n) is 23.3. The van der Waals surface area contributed by atoms with Gasteiger partial charge in [-0.1, -0.05) is 168 Å². The summed E-state index contributed by atoms with van der Waals surface area (Å²) in [5.74, 6) is -1.05. The average Bonchev–Trinajstić information content (AvgIpc) is 3.50. The van der Waals surface area contributed by atoms with Gasteiger partial charge in [-0.2, -0.15) is 4.98 Å². The molecular formula is C44H80N3O12P. The molecule has 348 valence electrons. The summed E-state index contributed by atoms with van der Waals surface area (Å²) in [5.41, 5.74) is 4.69. The fourth-order valence-corrected chi connectivity index (χ4v) is 8.06. The van der Waals surface area contributed by atoms with Gasteiger partial charge in [0.15, 0.2) is 12.3 Å². The zero-order valence-electron chi connectivity index (χ0n) is 36.9. The summed E-state index contributed by atoms with van der Waals surface area (Å²) in [7, 11) is -4.84. The quantitative estimate of drug-likeness (QED) is 0.0277. The molecule has 1 aromatic rings. The number of aliphatic hydroxyl groups is 2. The number of anilines is 1. The molecule has 15 nitrogen and oxygen atoms in total. The van der Waals surface area contributed by atoms with Crippen LogP contribution in [0.3, 0.4) is 0 Å². The van der Waals surface area contributed by atoms with Gasteiger partial charge in [-0.15, -0.1) is 0 Å². The molecule has 0 bridgehead atoms. The Morgan fingerprint density at radius 1 is 0.717 bits per heavy atom. The maximum Gasteiger partial charge on any atom is 0.472 e. The zero-order chi connectivity index (χ0) is 43.9. The lowest BCUT2D eigenvalue weighted by molar-refractivity contribution is -0.161. The van der Waals surface area contributed by atoms with Crippen molar-refractivity contribution in [2.24, 2.45) is 0 Å². The van der Waals surface area contributed by atoms with E-state index in [4.69, 9.17) is 29.0 Å². The van der Waals surface area contributed by atoms with E-state index in [2.05, 4.69) is 18.8 Å². The molecule has 0 aromatic carbocycles. The Kier molecular flexibility index (Phi) is 29.7. The number of hydrogen-bond donors (Lipinski definition) is 4. The summed E-state index contributed by atoms with van der Waals surface area (Å²) in [5, 5.41) is 21.0. The van der Waals surface area contributed by atoms with Crippen molar-refractivity contribution in [3.8, 4) is 0 Å². The molecule has 1 unspecified atom stereocenters. The van der Waals surface area contributed by atoms with Crippen LogP contribution in [0.2, 0.25) is 0 Å². The molecule has 0 amide bonds. The molecule has 1 aliphatic rings. The third-order valence-electron chi connectivity index (χ3n) is 11.0. The predicted octanol–water partition coefficient (Wildman–Crippen LogP) is 9.00. The van der Waals surface area contributed by atoms with Crippen LogP contribution in [0.4, 0.5) is 5.82 Å². The van der Waals surface area contributed by atoms with E-state index in [1.165, 1.54) is 128 Å². The van der Waals surface area contributed by atoms with Crippen molar-refractivity contribution in [3.05, 3.63) is 22.7 Å². The highest BCUT2D eigenvalue weighted by atomic mass is 31.2. The summed E-state index contributed by atoms with van der Waals surface area (Å²) in [6.45, 7) is 2.78. The molecule has 1 saturated heterocycles. The molecule has 6 atom stereocenters. The number of nitrogen functional groups attached to an aromatic ring is 1. The van der Waals surface area contributed by atoms with Gasteiger partial charge in [0, 0.05) is 19.0 Å². The first kappa shape index (κ1) is 53.7.